The predicted octanol–water partition coefficient (Wildman–Crippen LogP) is 5.37. The quantitative estimate of drug-likeness (QED) is 0.227. The van der Waals surface area contributed by atoms with Crippen LogP contribution in [0, 0.1) is 5.82 Å². The molecule has 4 rings (SSSR count). The van der Waals surface area contributed by atoms with Crippen LogP contribution >= 0.6 is 11.6 Å². The highest BCUT2D eigenvalue weighted by atomic mass is 35.5. The van der Waals surface area contributed by atoms with Crippen molar-refractivity contribution in [2.75, 3.05) is 6.61 Å². The van der Waals surface area contributed by atoms with Crippen LogP contribution in [0.15, 0.2) is 66.1 Å². The van der Waals surface area contributed by atoms with E-state index in [9.17, 15) is 40.3 Å². The van der Waals surface area contributed by atoms with Gasteiger partial charge in [0.2, 0.25) is 0 Å². The Morgan fingerprint density at radius 2 is 1.70 bits per heavy atom. The Labute approximate surface area is 241 Å². The van der Waals surface area contributed by atoms with E-state index in [1.54, 1.807) is 0 Å². The lowest BCUT2D eigenvalue weighted by Gasteiger charge is -2.15. The molecule has 9 nitrogen and oxygen atoms in total. The minimum absolute atomic E-state index is 0.0947. The van der Waals surface area contributed by atoms with E-state index in [1.165, 1.54) is 24.8 Å². The number of carbonyl (C=O) groups is 1. The van der Waals surface area contributed by atoms with E-state index in [2.05, 4.69) is 19.8 Å². The summed E-state index contributed by atoms with van der Waals surface area (Å²) in [5, 5.41) is -0.566. The van der Waals surface area contributed by atoms with Gasteiger partial charge in [-0.25, -0.2) is 19.2 Å². The fraction of sp³-hybridized carbons (Fsp3) is 0.192. The number of hydrogen-bond donors (Lipinski definition) is 0. The first-order chi connectivity index (χ1) is 20.2. The van der Waals surface area contributed by atoms with Crippen LogP contribution in [-0.2, 0) is 23.8 Å². The smallest absolute Gasteiger partial charge is 0.462 e. The van der Waals surface area contributed by atoms with Crippen molar-refractivity contribution in [2.45, 2.75) is 25.2 Å². The van der Waals surface area contributed by atoms with E-state index >= 15 is 0 Å². The van der Waals surface area contributed by atoms with Crippen molar-refractivity contribution in [1.82, 2.24) is 19.7 Å². The zero-order chi connectivity index (χ0) is 31.4. The van der Waals surface area contributed by atoms with Gasteiger partial charge >= 0.3 is 24.3 Å². The Kier molecular flexibility index (Phi) is 9.18. The molecule has 4 aromatic rings. The highest BCUT2D eigenvalue weighted by Gasteiger charge is 2.42. The molecule has 43 heavy (non-hydrogen) atoms. The minimum atomic E-state index is -5.38. The van der Waals surface area contributed by atoms with Crippen molar-refractivity contribution in [3.63, 3.8) is 0 Å². The molecule has 0 fully saturated rings. The number of rotatable bonds is 9. The van der Waals surface area contributed by atoms with Crippen molar-refractivity contribution >= 4 is 17.6 Å². The lowest BCUT2D eigenvalue weighted by atomic mass is 10.1. The molecular formula is C26H16ClF7N4O5. The van der Waals surface area contributed by atoms with E-state index < -0.39 is 52.0 Å². The highest BCUT2D eigenvalue weighted by molar-refractivity contribution is 6.31. The first kappa shape index (κ1) is 31.2. The van der Waals surface area contributed by atoms with E-state index in [-0.39, 0.29) is 41.1 Å². The predicted molar refractivity (Wildman–Crippen MR) is 133 cm³/mol. The molecule has 0 aliphatic carbocycles. The largest absolute Gasteiger partial charge is 0.493 e. The van der Waals surface area contributed by atoms with E-state index in [0.717, 1.165) is 30.5 Å². The molecule has 2 heterocycles. The second kappa shape index (κ2) is 12.6. The summed E-state index contributed by atoms with van der Waals surface area (Å²) in [6, 6.07) is 5.35. The first-order valence-electron chi connectivity index (χ1n) is 11.8. The van der Waals surface area contributed by atoms with E-state index in [4.69, 9.17) is 21.1 Å². The minimum Gasteiger partial charge on any atom is -0.462 e. The second-order valence-corrected chi connectivity index (χ2v) is 8.99. The molecule has 17 heteroatoms. The van der Waals surface area contributed by atoms with Crippen molar-refractivity contribution in [2.24, 2.45) is 0 Å². The van der Waals surface area contributed by atoms with Crippen LogP contribution in [0.5, 0.6) is 17.5 Å². The summed E-state index contributed by atoms with van der Waals surface area (Å²) in [7, 11) is 0. The van der Waals surface area contributed by atoms with E-state index in [0.29, 0.717) is 11.6 Å². The summed E-state index contributed by atoms with van der Waals surface area (Å²) < 4.78 is 103. The van der Waals surface area contributed by atoms with Crippen LogP contribution in [0.1, 0.15) is 22.3 Å². The Bertz CT molecular complexity index is 1680. The van der Waals surface area contributed by atoms with Crippen LogP contribution in [-0.4, -0.2) is 38.4 Å². The average Bonchev–Trinajstić information content (AvgIpc) is 2.93. The highest BCUT2D eigenvalue weighted by Crippen LogP contribution is 2.38. The third-order valence-electron chi connectivity index (χ3n) is 5.44. The maximum absolute atomic E-state index is 14.7. The molecule has 2 aromatic heterocycles. The van der Waals surface area contributed by atoms with E-state index in [1.807, 2.05) is 0 Å². The van der Waals surface area contributed by atoms with Gasteiger partial charge in [0.05, 0.1) is 23.4 Å². The van der Waals surface area contributed by atoms with Crippen molar-refractivity contribution in [3.05, 3.63) is 105 Å². The number of nitrogens with zero attached hydrogens (tertiary/aromatic N) is 4. The summed E-state index contributed by atoms with van der Waals surface area (Å²) in [6.07, 6.45) is -5.66. The molecule has 0 unspecified atom stereocenters. The van der Waals surface area contributed by atoms with Gasteiger partial charge in [-0.1, -0.05) is 17.7 Å². The van der Waals surface area contributed by atoms with Crippen LogP contribution in [0.3, 0.4) is 0 Å². The van der Waals surface area contributed by atoms with Gasteiger partial charge in [-0.3, -0.25) is 4.79 Å². The van der Waals surface area contributed by atoms with Crippen molar-refractivity contribution in [1.29, 1.82) is 0 Å². The molecule has 0 amide bonds. The Balaban J connectivity index is 1.48. The molecule has 0 N–H and O–H groups in total. The molecule has 0 atom stereocenters. The molecular weight excluding hydrogens is 617 g/mol. The number of carbonyl (C=O) groups excluding carboxylic acids is 1. The SMILES string of the molecule is O=C(On1cc(Cc2cncnc2)c(=O)nc1OCCc1ccc(Oc2ccc(Cl)c(C(F)(F)F)c2)c(F)c1)C(F)(F)F. The monoisotopic (exact) mass is 632 g/mol. The maximum Gasteiger partial charge on any atom is 0.493 e. The van der Waals surface area contributed by atoms with Gasteiger partial charge in [0.25, 0.3) is 5.56 Å². The van der Waals surface area contributed by atoms with Gasteiger partial charge < -0.3 is 14.3 Å². The zero-order valence-corrected chi connectivity index (χ0v) is 22.0. The first-order valence-corrected chi connectivity index (χ1v) is 12.2. The van der Waals surface area contributed by atoms with Gasteiger partial charge in [-0.2, -0.15) is 31.3 Å². The Morgan fingerprint density at radius 1 is 0.977 bits per heavy atom. The summed E-state index contributed by atoms with van der Waals surface area (Å²) in [6.45, 7) is -0.381. The standard InChI is InChI=1S/C26H16ClF7N4O5/c27-19-3-2-17(9-18(19)25(29,30)31)42-21-4-1-14(8-20(21)28)5-6-41-24-37-22(39)16(7-15-10-35-13-36-11-15)12-38(24)43-23(40)26(32,33)34/h1-4,8-13H,5-7H2. The van der Waals surface area contributed by atoms with Crippen LogP contribution in [0.2, 0.25) is 5.02 Å². The van der Waals surface area contributed by atoms with Crippen LogP contribution in [0.4, 0.5) is 30.7 Å². The molecule has 0 aliphatic rings. The van der Waals surface area contributed by atoms with Gasteiger partial charge in [-0.05, 0) is 41.5 Å². The van der Waals surface area contributed by atoms with Crippen molar-refractivity contribution in [3.8, 4) is 17.5 Å². The molecule has 226 valence electrons. The lowest BCUT2D eigenvalue weighted by Crippen LogP contribution is -2.35. The summed E-state index contributed by atoms with van der Waals surface area (Å²) in [4.78, 5) is 39.4. The fourth-order valence-corrected chi connectivity index (χ4v) is 3.70. The van der Waals surface area contributed by atoms with Crippen LogP contribution in [0.25, 0.3) is 0 Å². The molecule has 0 radical (unpaired) electrons. The number of ether oxygens (including phenoxy) is 2. The number of halogens is 8. The van der Waals surface area contributed by atoms with Gasteiger partial charge in [0.15, 0.2) is 11.6 Å². The Morgan fingerprint density at radius 3 is 2.35 bits per heavy atom. The maximum atomic E-state index is 14.7. The van der Waals surface area contributed by atoms with Gasteiger partial charge in [-0.15, -0.1) is 4.73 Å². The number of benzene rings is 2. The fourth-order valence-electron chi connectivity index (χ4n) is 3.48. The topological polar surface area (TPSA) is 105 Å². The third-order valence-corrected chi connectivity index (χ3v) is 5.77. The molecule has 0 spiro atoms. The van der Waals surface area contributed by atoms with Crippen LogP contribution < -0.4 is 19.9 Å². The lowest BCUT2D eigenvalue weighted by molar-refractivity contribution is -0.200. The molecule has 0 saturated heterocycles. The van der Waals surface area contributed by atoms with Gasteiger partial charge in [0, 0.05) is 30.8 Å². The number of alkyl halides is 6. The summed E-state index contributed by atoms with van der Waals surface area (Å²) in [5.41, 5.74) is -1.57. The third kappa shape index (κ3) is 8.18. The summed E-state index contributed by atoms with van der Waals surface area (Å²) in [5.74, 6) is -4.30. The molecule has 0 aliphatic heterocycles. The number of aromatic nitrogens is 4. The Hall–Kier alpha value is -4.73. The normalized spacial score (nSPS) is 11.7. The van der Waals surface area contributed by atoms with Gasteiger partial charge in [0.1, 0.15) is 12.1 Å². The summed E-state index contributed by atoms with van der Waals surface area (Å²) >= 11 is 5.57. The molecule has 2 aromatic carbocycles. The molecule has 0 bridgehead atoms. The average molecular weight is 633 g/mol. The second-order valence-electron chi connectivity index (χ2n) is 8.58. The number of hydrogen-bond acceptors (Lipinski definition) is 8. The molecule has 0 saturated carbocycles. The zero-order valence-electron chi connectivity index (χ0n) is 21.2. The van der Waals surface area contributed by atoms with Crippen molar-refractivity contribution < 1.29 is 49.8 Å².